The van der Waals surface area contributed by atoms with Gasteiger partial charge in [0, 0.05) is 36.1 Å². The van der Waals surface area contributed by atoms with Gasteiger partial charge in [-0.1, -0.05) is 18.2 Å². The van der Waals surface area contributed by atoms with Crippen molar-refractivity contribution in [3.8, 4) is 5.75 Å². The first-order chi connectivity index (χ1) is 14.8. The Labute approximate surface area is 175 Å². The lowest BCUT2D eigenvalue weighted by molar-refractivity contribution is -0.274. The van der Waals surface area contributed by atoms with E-state index in [0.717, 1.165) is 11.3 Å². The molecule has 1 atom stereocenters. The molecule has 0 bridgehead atoms. The SMILES string of the molecule is O=C1C[C@H](N2CCc3[nH]c4ccc(OC(F)(F)F)cc4c3C2)C(=O)N1c1ccccc1. The summed E-state index contributed by atoms with van der Waals surface area (Å²) in [6.07, 6.45) is -4.09. The maximum atomic E-state index is 13.1. The zero-order valence-corrected chi connectivity index (χ0v) is 16.3. The third kappa shape index (κ3) is 3.54. The molecule has 2 aliphatic heterocycles. The van der Waals surface area contributed by atoms with Gasteiger partial charge in [0.1, 0.15) is 5.75 Å². The summed E-state index contributed by atoms with van der Waals surface area (Å²) >= 11 is 0. The van der Waals surface area contributed by atoms with E-state index in [1.807, 2.05) is 11.0 Å². The fourth-order valence-electron chi connectivity index (χ4n) is 4.43. The predicted octanol–water partition coefficient (Wildman–Crippen LogP) is 3.76. The lowest BCUT2D eigenvalue weighted by Crippen LogP contribution is -2.44. The number of hydrogen-bond donors (Lipinski definition) is 1. The summed E-state index contributed by atoms with van der Waals surface area (Å²) in [4.78, 5) is 32.0. The molecule has 1 N–H and O–H groups in total. The Balaban J connectivity index is 1.42. The summed E-state index contributed by atoms with van der Waals surface area (Å²) in [5.74, 6) is -0.825. The summed E-state index contributed by atoms with van der Waals surface area (Å²) in [5.41, 5.74) is 3.00. The van der Waals surface area contributed by atoms with Crippen LogP contribution in [0.4, 0.5) is 18.9 Å². The molecule has 2 amide bonds. The van der Waals surface area contributed by atoms with Crippen LogP contribution < -0.4 is 9.64 Å². The van der Waals surface area contributed by atoms with Gasteiger partial charge in [-0.2, -0.15) is 0 Å². The van der Waals surface area contributed by atoms with Gasteiger partial charge in [0.15, 0.2) is 0 Å². The Bertz CT molecular complexity index is 1170. The number of halogens is 3. The fourth-order valence-corrected chi connectivity index (χ4v) is 4.43. The van der Waals surface area contributed by atoms with Crippen LogP contribution in [-0.2, 0) is 22.6 Å². The molecule has 0 aliphatic carbocycles. The van der Waals surface area contributed by atoms with E-state index < -0.39 is 12.4 Å². The molecule has 2 aromatic carbocycles. The molecule has 5 rings (SSSR count). The van der Waals surface area contributed by atoms with Crippen molar-refractivity contribution in [2.45, 2.75) is 31.8 Å². The number of nitrogens with zero attached hydrogens (tertiary/aromatic N) is 2. The highest BCUT2D eigenvalue weighted by atomic mass is 19.4. The fraction of sp³-hybridized carbons (Fsp3) is 0.273. The number of ether oxygens (including phenoxy) is 1. The number of anilines is 1. The molecule has 1 saturated heterocycles. The molecule has 6 nitrogen and oxygen atoms in total. The quantitative estimate of drug-likeness (QED) is 0.644. The summed E-state index contributed by atoms with van der Waals surface area (Å²) in [5, 5.41) is 0.623. The highest BCUT2D eigenvalue weighted by Gasteiger charge is 2.43. The molecule has 0 unspecified atom stereocenters. The molecule has 0 radical (unpaired) electrons. The van der Waals surface area contributed by atoms with Crippen LogP contribution in [0.2, 0.25) is 0 Å². The number of aromatic amines is 1. The lowest BCUT2D eigenvalue weighted by atomic mass is 10.0. The van der Waals surface area contributed by atoms with Gasteiger partial charge in [-0.25, -0.2) is 4.90 Å². The first-order valence-electron chi connectivity index (χ1n) is 9.85. The van der Waals surface area contributed by atoms with Gasteiger partial charge < -0.3 is 9.72 Å². The summed E-state index contributed by atoms with van der Waals surface area (Å²) in [6, 6.07) is 12.4. The number of amides is 2. The molecule has 160 valence electrons. The third-order valence-corrected chi connectivity index (χ3v) is 5.79. The number of rotatable bonds is 3. The van der Waals surface area contributed by atoms with Crippen LogP contribution in [0.3, 0.4) is 0 Å². The van der Waals surface area contributed by atoms with E-state index in [9.17, 15) is 22.8 Å². The molecular weight excluding hydrogens is 411 g/mol. The van der Waals surface area contributed by atoms with Crippen LogP contribution >= 0.6 is 0 Å². The molecule has 2 aliphatic rings. The molecule has 0 saturated carbocycles. The van der Waals surface area contributed by atoms with Gasteiger partial charge in [-0.3, -0.25) is 14.5 Å². The van der Waals surface area contributed by atoms with E-state index in [2.05, 4.69) is 9.72 Å². The minimum Gasteiger partial charge on any atom is -0.406 e. The standard InChI is InChI=1S/C22H18F3N3O3/c23-22(24,25)31-14-6-7-17-15(10-14)16-12-27(9-8-18(16)26-17)19-11-20(29)28(21(19)30)13-4-2-1-3-5-13/h1-7,10,19,26H,8-9,11-12H2/t19-/m0/s1. The number of benzene rings is 2. The maximum Gasteiger partial charge on any atom is 0.573 e. The summed E-state index contributed by atoms with van der Waals surface area (Å²) < 4.78 is 41.9. The van der Waals surface area contributed by atoms with Crippen molar-refractivity contribution in [3.05, 3.63) is 59.8 Å². The molecule has 31 heavy (non-hydrogen) atoms. The van der Waals surface area contributed by atoms with E-state index in [-0.39, 0.29) is 24.0 Å². The topological polar surface area (TPSA) is 65.6 Å². The lowest BCUT2D eigenvalue weighted by Gasteiger charge is -2.31. The van der Waals surface area contributed by atoms with Crippen LogP contribution in [-0.4, -0.2) is 40.6 Å². The summed E-state index contributed by atoms with van der Waals surface area (Å²) in [6.45, 7) is 0.926. The second-order valence-electron chi connectivity index (χ2n) is 7.68. The number of imide groups is 1. The highest BCUT2D eigenvalue weighted by molar-refractivity contribution is 6.22. The molecule has 3 aromatic rings. The van der Waals surface area contributed by atoms with Gasteiger partial charge >= 0.3 is 6.36 Å². The molecule has 3 heterocycles. The molecule has 9 heteroatoms. The van der Waals surface area contributed by atoms with Crippen LogP contribution in [0.25, 0.3) is 10.9 Å². The number of alkyl halides is 3. The average Bonchev–Trinajstić information content (AvgIpc) is 3.23. The van der Waals surface area contributed by atoms with Crippen molar-refractivity contribution in [1.82, 2.24) is 9.88 Å². The van der Waals surface area contributed by atoms with Crippen molar-refractivity contribution in [2.75, 3.05) is 11.4 Å². The number of nitrogens with one attached hydrogen (secondary N) is 1. The van der Waals surface area contributed by atoms with E-state index in [0.29, 0.717) is 36.1 Å². The van der Waals surface area contributed by atoms with Crippen molar-refractivity contribution >= 4 is 28.4 Å². The smallest absolute Gasteiger partial charge is 0.406 e. The first-order valence-corrected chi connectivity index (χ1v) is 9.85. The second kappa shape index (κ2) is 7.12. The van der Waals surface area contributed by atoms with Crippen LogP contribution in [0, 0.1) is 0 Å². The van der Waals surface area contributed by atoms with Gasteiger partial charge in [-0.05, 0) is 35.9 Å². The molecule has 1 aromatic heterocycles. The van der Waals surface area contributed by atoms with E-state index >= 15 is 0 Å². The van der Waals surface area contributed by atoms with Gasteiger partial charge in [0.05, 0.1) is 18.2 Å². The van der Waals surface area contributed by atoms with Gasteiger partial charge in [0.25, 0.3) is 5.91 Å². The molecule has 0 spiro atoms. The summed E-state index contributed by atoms with van der Waals surface area (Å²) in [7, 11) is 0. The number of para-hydroxylation sites is 1. The Morgan fingerprint density at radius 2 is 1.84 bits per heavy atom. The zero-order valence-electron chi connectivity index (χ0n) is 16.3. The Morgan fingerprint density at radius 3 is 2.58 bits per heavy atom. The van der Waals surface area contributed by atoms with Crippen LogP contribution in [0.5, 0.6) is 5.75 Å². The second-order valence-corrected chi connectivity index (χ2v) is 7.68. The number of hydrogen-bond acceptors (Lipinski definition) is 4. The number of carbonyl (C=O) groups is 2. The Kier molecular flexibility index (Phi) is 4.51. The number of H-pyrrole nitrogens is 1. The highest BCUT2D eigenvalue weighted by Crippen LogP contribution is 2.34. The predicted molar refractivity (Wildman–Crippen MR) is 106 cm³/mol. The van der Waals surface area contributed by atoms with Crippen molar-refractivity contribution in [1.29, 1.82) is 0 Å². The van der Waals surface area contributed by atoms with Crippen molar-refractivity contribution in [3.63, 3.8) is 0 Å². The van der Waals surface area contributed by atoms with Crippen molar-refractivity contribution < 1.29 is 27.5 Å². The monoisotopic (exact) mass is 429 g/mol. The van der Waals surface area contributed by atoms with E-state index in [1.165, 1.54) is 17.0 Å². The Morgan fingerprint density at radius 1 is 1.06 bits per heavy atom. The molecule has 1 fully saturated rings. The van der Waals surface area contributed by atoms with Gasteiger partial charge in [0.2, 0.25) is 5.91 Å². The normalized spacial score (nSPS) is 19.8. The largest absolute Gasteiger partial charge is 0.573 e. The first kappa shape index (κ1) is 19.6. The Hall–Kier alpha value is -3.33. The van der Waals surface area contributed by atoms with E-state index in [4.69, 9.17) is 0 Å². The van der Waals surface area contributed by atoms with Crippen molar-refractivity contribution in [2.24, 2.45) is 0 Å². The van der Waals surface area contributed by atoms with Crippen LogP contribution in [0.15, 0.2) is 48.5 Å². The third-order valence-electron chi connectivity index (χ3n) is 5.79. The zero-order chi connectivity index (χ0) is 21.8. The molecular formula is C22H18F3N3O3. The maximum absolute atomic E-state index is 13.1. The number of aromatic nitrogens is 1. The minimum absolute atomic E-state index is 0.0772. The van der Waals surface area contributed by atoms with Gasteiger partial charge in [-0.15, -0.1) is 13.2 Å². The number of fused-ring (bicyclic) bond motifs is 3. The average molecular weight is 429 g/mol. The minimum atomic E-state index is -4.77. The van der Waals surface area contributed by atoms with E-state index in [1.54, 1.807) is 30.3 Å². The van der Waals surface area contributed by atoms with Crippen LogP contribution in [0.1, 0.15) is 17.7 Å². The number of carbonyl (C=O) groups excluding carboxylic acids is 2.